The van der Waals surface area contributed by atoms with Crippen LogP contribution in [0.5, 0.6) is 5.75 Å². The number of halogens is 2. The summed E-state index contributed by atoms with van der Waals surface area (Å²) in [6.45, 7) is 0.923. The second-order valence-corrected chi connectivity index (χ2v) is 7.89. The normalized spacial score (nSPS) is 11.2. The van der Waals surface area contributed by atoms with Crippen molar-refractivity contribution >= 4 is 44.9 Å². The van der Waals surface area contributed by atoms with Gasteiger partial charge in [-0.15, -0.1) is 0 Å². The van der Waals surface area contributed by atoms with Crippen LogP contribution in [0.1, 0.15) is 5.56 Å². The first-order valence-corrected chi connectivity index (χ1v) is 9.20. The number of benzene rings is 2. The van der Waals surface area contributed by atoms with Crippen molar-refractivity contribution in [1.82, 2.24) is 0 Å². The number of hydrogen-bond acceptors (Lipinski definition) is 4. The van der Waals surface area contributed by atoms with Gasteiger partial charge in [-0.05, 0) is 42.8 Å². The van der Waals surface area contributed by atoms with Gasteiger partial charge >= 0.3 is 5.97 Å². The average Bonchev–Trinajstić information content (AvgIpc) is 2.51. The Bertz CT molecular complexity index is 894. The van der Waals surface area contributed by atoms with E-state index < -0.39 is 22.5 Å². The summed E-state index contributed by atoms with van der Waals surface area (Å²) >= 11 is 11.9. The van der Waals surface area contributed by atoms with E-state index in [1.165, 1.54) is 37.4 Å². The van der Waals surface area contributed by atoms with Gasteiger partial charge in [0, 0.05) is 10.0 Å². The van der Waals surface area contributed by atoms with E-state index in [1.54, 1.807) is 13.0 Å². The molecule has 0 radical (unpaired) electrons. The largest absolute Gasteiger partial charge is 0.495 e. The molecule has 9 heteroatoms. The van der Waals surface area contributed by atoms with Crippen molar-refractivity contribution in [1.29, 1.82) is 0 Å². The summed E-state index contributed by atoms with van der Waals surface area (Å²) in [4.78, 5) is 11.1. The lowest BCUT2D eigenvalue weighted by Crippen LogP contribution is -2.36. The molecule has 2 aromatic rings. The second kappa shape index (κ2) is 7.51. The van der Waals surface area contributed by atoms with Gasteiger partial charge in [0.1, 0.15) is 17.2 Å². The van der Waals surface area contributed by atoms with Gasteiger partial charge in [0.25, 0.3) is 10.0 Å². The van der Waals surface area contributed by atoms with Crippen LogP contribution in [0.4, 0.5) is 5.69 Å². The molecule has 0 heterocycles. The zero-order valence-electron chi connectivity index (χ0n) is 13.4. The fourth-order valence-corrected chi connectivity index (χ4v) is 4.38. The van der Waals surface area contributed by atoms with Crippen molar-refractivity contribution in [2.45, 2.75) is 11.8 Å². The summed E-state index contributed by atoms with van der Waals surface area (Å²) in [6.07, 6.45) is 0. The van der Waals surface area contributed by atoms with Gasteiger partial charge in [0.2, 0.25) is 0 Å². The van der Waals surface area contributed by atoms with E-state index in [4.69, 9.17) is 27.9 Å². The van der Waals surface area contributed by atoms with Crippen LogP contribution in [0.3, 0.4) is 0 Å². The Morgan fingerprint density at radius 3 is 2.28 bits per heavy atom. The molecule has 0 spiro atoms. The van der Waals surface area contributed by atoms with E-state index in [9.17, 15) is 18.3 Å². The molecule has 1 N–H and O–H groups in total. The SMILES string of the molecule is COc1ccc(C)cc1S(=O)(=O)N(CC(=O)O)c1cc(Cl)cc(Cl)c1. The van der Waals surface area contributed by atoms with Gasteiger partial charge in [-0.25, -0.2) is 8.42 Å². The quantitative estimate of drug-likeness (QED) is 0.796. The number of anilines is 1. The molecule has 0 atom stereocenters. The van der Waals surface area contributed by atoms with Gasteiger partial charge in [-0.2, -0.15) is 0 Å². The van der Waals surface area contributed by atoms with Crippen LogP contribution in [-0.4, -0.2) is 33.1 Å². The Labute approximate surface area is 155 Å². The number of aliphatic carboxylic acids is 1. The number of hydrogen-bond donors (Lipinski definition) is 1. The maximum absolute atomic E-state index is 13.1. The van der Waals surface area contributed by atoms with Gasteiger partial charge in [-0.3, -0.25) is 9.10 Å². The van der Waals surface area contributed by atoms with Gasteiger partial charge < -0.3 is 9.84 Å². The van der Waals surface area contributed by atoms with Crippen molar-refractivity contribution < 1.29 is 23.1 Å². The first-order chi connectivity index (χ1) is 11.6. The van der Waals surface area contributed by atoms with Gasteiger partial charge in [0.15, 0.2) is 0 Å². The minimum absolute atomic E-state index is 0.0449. The Hall–Kier alpha value is -1.96. The number of carboxylic acid groups (broad SMARTS) is 1. The molecule has 2 rings (SSSR count). The van der Waals surface area contributed by atoms with Gasteiger partial charge in [-0.1, -0.05) is 29.3 Å². The Balaban J connectivity index is 2.68. The molecule has 0 bridgehead atoms. The highest BCUT2D eigenvalue weighted by molar-refractivity contribution is 7.93. The number of nitrogens with zero attached hydrogens (tertiary/aromatic N) is 1. The predicted octanol–water partition coefficient (Wildman–Crippen LogP) is 3.59. The summed E-state index contributed by atoms with van der Waals surface area (Å²) < 4.78 is 32.1. The van der Waals surface area contributed by atoms with Crippen LogP contribution >= 0.6 is 23.2 Å². The Morgan fingerprint density at radius 1 is 1.16 bits per heavy atom. The lowest BCUT2D eigenvalue weighted by molar-refractivity contribution is -0.135. The third kappa shape index (κ3) is 4.36. The van der Waals surface area contributed by atoms with Crippen molar-refractivity contribution in [3.63, 3.8) is 0 Å². The van der Waals surface area contributed by atoms with Crippen LogP contribution in [0.2, 0.25) is 10.0 Å². The number of ether oxygens (including phenoxy) is 1. The van der Waals surface area contributed by atoms with Crippen LogP contribution in [-0.2, 0) is 14.8 Å². The molecule has 0 aliphatic rings. The van der Waals surface area contributed by atoms with Crippen molar-refractivity contribution in [3.8, 4) is 5.75 Å². The minimum Gasteiger partial charge on any atom is -0.495 e. The topological polar surface area (TPSA) is 83.9 Å². The van der Waals surface area contributed by atoms with E-state index in [1.807, 2.05) is 0 Å². The standard InChI is InChI=1S/C16H15Cl2NO5S/c1-10-3-4-14(24-2)15(5-10)25(22,23)19(9-16(20)21)13-7-11(17)6-12(18)8-13/h3-8H,9H2,1-2H3,(H,20,21). The lowest BCUT2D eigenvalue weighted by atomic mass is 10.2. The first kappa shape index (κ1) is 19.4. The molecule has 0 aromatic heterocycles. The summed E-state index contributed by atoms with van der Waals surface area (Å²) in [5, 5.41) is 9.54. The average molecular weight is 404 g/mol. The van der Waals surface area contributed by atoms with E-state index in [-0.39, 0.29) is 26.4 Å². The zero-order valence-corrected chi connectivity index (χ0v) is 15.7. The second-order valence-electron chi connectivity index (χ2n) is 5.19. The molecule has 0 saturated carbocycles. The molecule has 25 heavy (non-hydrogen) atoms. The number of rotatable bonds is 6. The molecule has 134 valence electrons. The third-order valence-corrected chi connectivity index (χ3v) is 5.53. The van der Waals surface area contributed by atoms with E-state index in [0.717, 1.165) is 4.31 Å². The highest BCUT2D eigenvalue weighted by Gasteiger charge is 2.30. The lowest BCUT2D eigenvalue weighted by Gasteiger charge is -2.24. The highest BCUT2D eigenvalue weighted by atomic mass is 35.5. The maximum Gasteiger partial charge on any atom is 0.324 e. The first-order valence-electron chi connectivity index (χ1n) is 7.00. The molecular weight excluding hydrogens is 389 g/mol. The Morgan fingerprint density at radius 2 is 1.76 bits per heavy atom. The summed E-state index contributed by atoms with van der Waals surface area (Å²) in [7, 11) is -2.90. The predicted molar refractivity (Wildman–Crippen MR) is 96.4 cm³/mol. The van der Waals surface area contributed by atoms with E-state index >= 15 is 0 Å². The monoisotopic (exact) mass is 403 g/mol. The van der Waals surface area contributed by atoms with Crippen molar-refractivity contribution in [2.24, 2.45) is 0 Å². The van der Waals surface area contributed by atoms with E-state index in [0.29, 0.717) is 5.56 Å². The van der Waals surface area contributed by atoms with Crippen LogP contribution in [0.15, 0.2) is 41.3 Å². The number of carbonyl (C=O) groups is 1. The number of carboxylic acids is 1. The van der Waals surface area contributed by atoms with Crippen LogP contribution < -0.4 is 9.04 Å². The third-order valence-electron chi connectivity index (χ3n) is 3.30. The molecule has 0 aliphatic carbocycles. The van der Waals surface area contributed by atoms with Gasteiger partial charge in [0.05, 0.1) is 12.8 Å². The molecular formula is C16H15Cl2NO5S. The maximum atomic E-state index is 13.1. The number of sulfonamides is 1. The van der Waals surface area contributed by atoms with Crippen molar-refractivity contribution in [3.05, 3.63) is 52.0 Å². The molecule has 0 aliphatic heterocycles. The fourth-order valence-electron chi connectivity index (χ4n) is 2.23. The molecule has 6 nitrogen and oxygen atoms in total. The molecule has 0 unspecified atom stereocenters. The summed E-state index contributed by atoms with van der Waals surface area (Å²) in [6, 6.07) is 8.69. The molecule has 2 aromatic carbocycles. The number of methoxy groups -OCH3 is 1. The van der Waals surface area contributed by atoms with Crippen LogP contribution in [0.25, 0.3) is 0 Å². The molecule has 0 amide bonds. The highest BCUT2D eigenvalue weighted by Crippen LogP contribution is 2.33. The zero-order chi connectivity index (χ0) is 18.8. The minimum atomic E-state index is -4.24. The fraction of sp³-hybridized carbons (Fsp3) is 0.188. The van der Waals surface area contributed by atoms with Crippen LogP contribution in [0, 0.1) is 6.92 Å². The molecule has 0 saturated heterocycles. The Kier molecular flexibility index (Phi) is 5.82. The number of aryl methyl sites for hydroxylation is 1. The van der Waals surface area contributed by atoms with Crippen molar-refractivity contribution in [2.75, 3.05) is 18.0 Å². The molecule has 0 fully saturated rings. The summed E-state index contributed by atoms with van der Waals surface area (Å²) in [5.41, 5.74) is 0.724. The van der Waals surface area contributed by atoms with E-state index in [2.05, 4.69) is 0 Å². The smallest absolute Gasteiger partial charge is 0.324 e. The summed E-state index contributed by atoms with van der Waals surface area (Å²) in [5.74, 6) is -1.22.